The molecule has 1 aromatic rings. The van der Waals surface area contributed by atoms with Crippen molar-refractivity contribution < 1.29 is 13.2 Å². The van der Waals surface area contributed by atoms with Crippen LogP contribution in [0.1, 0.15) is 36.4 Å². The second-order valence-corrected chi connectivity index (χ2v) is 5.54. The average molecular weight is 334 g/mol. The highest BCUT2D eigenvalue weighted by Crippen LogP contribution is 2.40. The van der Waals surface area contributed by atoms with Crippen LogP contribution < -0.4 is 5.32 Å². The van der Waals surface area contributed by atoms with Gasteiger partial charge in [-0.1, -0.05) is 33.6 Å². The van der Waals surface area contributed by atoms with E-state index in [4.69, 9.17) is 0 Å². The van der Waals surface area contributed by atoms with Crippen molar-refractivity contribution in [1.82, 2.24) is 5.32 Å². The Labute approximate surface area is 119 Å². The van der Waals surface area contributed by atoms with Gasteiger partial charge in [0.25, 0.3) is 0 Å². The van der Waals surface area contributed by atoms with Crippen LogP contribution in [0.4, 0.5) is 13.2 Å². The molecule has 0 radical (unpaired) electrons. The zero-order chi connectivity index (χ0) is 14.0. The molecule has 1 aliphatic carbocycles. The fraction of sp³-hybridized carbons (Fsp3) is 0.429. The maximum Gasteiger partial charge on any atom is 0.416 e. The molecule has 1 unspecified atom stereocenters. The highest BCUT2D eigenvalue weighted by molar-refractivity contribution is 9.10. The lowest BCUT2D eigenvalue weighted by Gasteiger charge is -2.23. The van der Waals surface area contributed by atoms with Crippen molar-refractivity contribution >= 4 is 15.9 Å². The molecular formula is C14H15BrF3N. The highest BCUT2D eigenvalue weighted by atomic mass is 79.9. The highest BCUT2D eigenvalue weighted by Gasteiger charge is 2.36. The third-order valence-electron chi connectivity index (χ3n) is 3.37. The number of likely N-dealkylation sites (N-methyl/N-ethyl adjacent to an activating group) is 1. The molecule has 0 aromatic heterocycles. The summed E-state index contributed by atoms with van der Waals surface area (Å²) in [6.07, 6.45) is 0.534. The number of nitrogens with one attached hydrogen (secondary N) is 1. The quantitative estimate of drug-likeness (QED) is 0.780. The van der Waals surface area contributed by atoms with Gasteiger partial charge in [0.15, 0.2) is 0 Å². The molecule has 1 atom stereocenters. The van der Waals surface area contributed by atoms with Gasteiger partial charge >= 0.3 is 6.18 Å². The van der Waals surface area contributed by atoms with Crippen molar-refractivity contribution in [2.45, 2.75) is 31.5 Å². The first-order valence-electron chi connectivity index (χ1n) is 6.16. The van der Waals surface area contributed by atoms with Gasteiger partial charge in [0.1, 0.15) is 0 Å². The van der Waals surface area contributed by atoms with Crippen LogP contribution in [0.2, 0.25) is 0 Å². The molecule has 1 N–H and O–H groups in total. The van der Waals surface area contributed by atoms with Gasteiger partial charge in [0.2, 0.25) is 0 Å². The summed E-state index contributed by atoms with van der Waals surface area (Å²) in [7, 11) is 1.70. The third kappa shape index (κ3) is 3.20. The van der Waals surface area contributed by atoms with Crippen LogP contribution >= 0.6 is 15.9 Å². The summed E-state index contributed by atoms with van der Waals surface area (Å²) in [5.74, 6) is 0. The van der Waals surface area contributed by atoms with Crippen LogP contribution in [0.25, 0.3) is 0 Å². The van der Waals surface area contributed by atoms with Crippen molar-refractivity contribution in [2.24, 2.45) is 0 Å². The molecule has 0 bridgehead atoms. The molecule has 5 heteroatoms. The zero-order valence-corrected chi connectivity index (χ0v) is 12.1. The minimum Gasteiger partial charge on any atom is -0.310 e. The predicted molar refractivity (Wildman–Crippen MR) is 72.9 cm³/mol. The molecule has 0 heterocycles. The molecule has 0 saturated heterocycles. The fourth-order valence-electron chi connectivity index (χ4n) is 2.52. The summed E-state index contributed by atoms with van der Waals surface area (Å²) in [5.41, 5.74) is 0.774. The SMILES string of the molecule is CNC(C1=CCCC1)c1ccc(Br)cc1C(F)(F)F. The fourth-order valence-corrected chi connectivity index (χ4v) is 2.89. The molecule has 1 nitrogen and oxygen atoms in total. The van der Waals surface area contributed by atoms with E-state index in [9.17, 15) is 13.2 Å². The second kappa shape index (κ2) is 5.67. The molecular weight excluding hydrogens is 319 g/mol. The number of halogens is 4. The smallest absolute Gasteiger partial charge is 0.310 e. The summed E-state index contributed by atoms with van der Waals surface area (Å²) in [5, 5.41) is 3.01. The van der Waals surface area contributed by atoms with Crippen LogP contribution in [-0.4, -0.2) is 7.05 Å². The number of allylic oxidation sites excluding steroid dienone is 1. The molecule has 0 saturated carbocycles. The second-order valence-electron chi connectivity index (χ2n) is 4.62. The summed E-state index contributed by atoms with van der Waals surface area (Å²) in [4.78, 5) is 0. The molecule has 1 aromatic carbocycles. The van der Waals surface area contributed by atoms with Crippen molar-refractivity contribution in [3.63, 3.8) is 0 Å². The molecule has 104 valence electrons. The van der Waals surface area contributed by atoms with E-state index < -0.39 is 11.7 Å². The van der Waals surface area contributed by atoms with Gasteiger partial charge in [-0.15, -0.1) is 0 Å². The molecule has 1 aliphatic rings. The van der Waals surface area contributed by atoms with Crippen molar-refractivity contribution in [2.75, 3.05) is 7.05 Å². The lowest BCUT2D eigenvalue weighted by molar-refractivity contribution is -0.138. The van der Waals surface area contributed by atoms with E-state index >= 15 is 0 Å². The van der Waals surface area contributed by atoms with Crippen LogP contribution in [0.3, 0.4) is 0 Å². The number of hydrogen-bond acceptors (Lipinski definition) is 1. The topological polar surface area (TPSA) is 12.0 Å². The van der Waals surface area contributed by atoms with Crippen LogP contribution in [-0.2, 0) is 6.18 Å². The van der Waals surface area contributed by atoms with Gasteiger partial charge in [-0.05, 0) is 44.0 Å². The Kier molecular flexibility index (Phi) is 4.36. The molecule has 0 spiro atoms. The summed E-state index contributed by atoms with van der Waals surface area (Å²) >= 11 is 3.11. The maximum atomic E-state index is 13.1. The molecule has 19 heavy (non-hydrogen) atoms. The van der Waals surface area contributed by atoms with Crippen molar-refractivity contribution in [3.8, 4) is 0 Å². The first kappa shape index (κ1) is 14.6. The van der Waals surface area contributed by atoms with Gasteiger partial charge in [-0.2, -0.15) is 13.2 Å². The molecule has 0 aliphatic heterocycles. The summed E-state index contributed by atoms with van der Waals surface area (Å²) < 4.78 is 39.9. The minimum atomic E-state index is -4.34. The Bertz CT molecular complexity index is 494. The van der Waals surface area contributed by atoms with Gasteiger partial charge < -0.3 is 5.32 Å². The normalized spacial score (nSPS) is 17.4. The lowest BCUT2D eigenvalue weighted by Crippen LogP contribution is -2.22. The Morgan fingerprint density at radius 2 is 2.05 bits per heavy atom. The molecule has 0 amide bonds. The van der Waals surface area contributed by atoms with E-state index in [0.717, 1.165) is 30.9 Å². The van der Waals surface area contributed by atoms with Gasteiger partial charge in [0.05, 0.1) is 11.6 Å². The lowest BCUT2D eigenvalue weighted by atomic mass is 9.93. The van der Waals surface area contributed by atoms with E-state index in [1.54, 1.807) is 19.2 Å². The Hall–Kier alpha value is -0.810. The Balaban J connectivity index is 2.48. The monoisotopic (exact) mass is 333 g/mol. The number of alkyl halides is 3. The van der Waals surface area contributed by atoms with E-state index in [0.29, 0.717) is 10.0 Å². The molecule has 0 fully saturated rings. The van der Waals surface area contributed by atoms with Gasteiger partial charge in [-0.3, -0.25) is 0 Å². The number of hydrogen-bond donors (Lipinski definition) is 1. The first-order valence-corrected chi connectivity index (χ1v) is 6.95. The number of benzene rings is 1. The molecule has 2 rings (SSSR count). The maximum absolute atomic E-state index is 13.1. The number of rotatable bonds is 3. The Morgan fingerprint density at radius 1 is 1.32 bits per heavy atom. The largest absolute Gasteiger partial charge is 0.416 e. The first-order chi connectivity index (χ1) is 8.93. The minimum absolute atomic E-state index is 0.298. The van der Waals surface area contributed by atoms with E-state index in [1.807, 2.05) is 6.08 Å². The van der Waals surface area contributed by atoms with Crippen molar-refractivity contribution in [1.29, 1.82) is 0 Å². The van der Waals surface area contributed by atoms with E-state index in [-0.39, 0.29) is 6.04 Å². The predicted octanol–water partition coefficient (Wildman–Crippen LogP) is 4.84. The third-order valence-corrected chi connectivity index (χ3v) is 3.86. The van der Waals surface area contributed by atoms with Gasteiger partial charge in [0, 0.05) is 4.47 Å². The van der Waals surface area contributed by atoms with E-state index in [2.05, 4.69) is 21.2 Å². The van der Waals surface area contributed by atoms with Crippen LogP contribution in [0, 0.1) is 0 Å². The summed E-state index contributed by atoms with van der Waals surface area (Å²) in [6.45, 7) is 0. The average Bonchev–Trinajstić information content (AvgIpc) is 2.84. The van der Waals surface area contributed by atoms with E-state index in [1.165, 1.54) is 0 Å². The van der Waals surface area contributed by atoms with Gasteiger partial charge in [-0.25, -0.2) is 0 Å². The Morgan fingerprint density at radius 3 is 2.58 bits per heavy atom. The summed E-state index contributed by atoms with van der Waals surface area (Å²) in [6, 6.07) is 4.00. The standard InChI is InChI=1S/C14H15BrF3N/c1-19-13(9-4-2-3-5-9)11-7-6-10(15)8-12(11)14(16,17)18/h4,6-8,13,19H,2-3,5H2,1H3. The van der Waals surface area contributed by atoms with Crippen LogP contribution in [0.15, 0.2) is 34.3 Å². The zero-order valence-electron chi connectivity index (χ0n) is 10.5. The van der Waals surface area contributed by atoms with Crippen LogP contribution in [0.5, 0.6) is 0 Å². The van der Waals surface area contributed by atoms with Crippen molar-refractivity contribution in [3.05, 3.63) is 45.4 Å².